The van der Waals surface area contributed by atoms with Gasteiger partial charge in [0.2, 0.25) is 0 Å². The van der Waals surface area contributed by atoms with Gasteiger partial charge in [0.15, 0.2) is 0 Å². The van der Waals surface area contributed by atoms with E-state index in [1.54, 1.807) is 13.0 Å². The number of carbonyl (C=O) groups excluding carboxylic acids is 1. The third-order valence-electron chi connectivity index (χ3n) is 4.06. The Balaban J connectivity index is 2.16. The summed E-state index contributed by atoms with van der Waals surface area (Å²) in [4.78, 5) is 17.4. The van der Waals surface area contributed by atoms with Gasteiger partial charge in [0.25, 0.3) is 0 Å². The van der Waals surface area contributed by atoms with E-state index in [2.05, 4.69) is 37.2 Å². The fourth-order valence-electron chi connectivity index (χ4n) is 2.84. The first-order chi connectivity index (χ1) is 13.0. The summed E-state index contributed by atoms with van der Waals surface area (Å²) in [5, 5.41) is 3.65. The monoisotopic (exact) mass is 494 g/mol. The topological polar surface area (TPSA) is 50.7 Å². The minimum Gasteiger partial charge on any atom is -0.463 e. The molecule has 3 rings (SSSR count). The zero-order valence-corrected chi connectivity index (χ0v) is 17.7. The van der Waals surface area contributed by atoms with Gasteiger partial charge in [-0.3, -0.25) is 4.99 Å². The van der Waals surface area contributed by atoms with Gasteiger partial charge in [-0.25, -0.2) is 9.18 Å². The van der Waals surface area contributed by atoms with Crippen molar-refractivity contribution in [2.24, 2.45) is 4.99 Å². The van der Waals surface area contributed by atoms with Crippen molar-refractivity contribution in [2.45, 2.75) is 13.0 Å². The van der Waals surface area contributed by atoms with Crippen LogP contribution < -0.4 is 5.32 Å². The number of nitrogens with zero attached hydrogens (tertiary/aromatic N) is 1. The first-order valence-electron chi connectivity index (χ1n) is 8.36. The van der Waals surface area contributed by atoms with Crippen LogP contribution in [0.2, 0.25) is 0 Å². The van der Waals surface area contributed by atoms with Gasteiger partial charge in [-0.1, -0.05) is 68.3 Å². The Hall–Kier alpha value is -1.99. The normalized spacial score (nSPS) is 16.6. The number of halogens is 3. The van der Waals surface area contributed by atoms with Crippen LogP contribution >= 0.6 is 31.9 Å². The van der Waals surface area contributed by atoms with Crippen LogP contribution in [0.1, 0.15) is 24.1 Å². The number of amidine groups is 1. The Bertz CT molecular complexity index is 913. The van der Waals surface area contributed by atoms with Crippen molar-refractivity contribution >= 4 is 43.7 Å². The SMILES string of the molecule is CCOC(=O)C1=C(CBr)NC(c2ccccc2)=NC1c1ccc(F)cc1Br. The second-order valence-electron chi connectivity index (χ2n) is 5.78. The highest BCUT2D eigenvalue weighted by Crippen LogP contribution is 2.36. The fourth-order valence-corrected chi connectivity index (χ4v) is 3.85. The molecular formula is C20H17Br2FN2O2. The average Bonchev–Trinajstić information content (AvgIpc) is 2.68. The molecule has 0 saturated carbocycles. The predicted molar refractivity (Wildman–Crippen MR) is 110 cm³/mol. The van der Waals surface area contributed by atoms with Gasteiger partial charge in [0.05, 0.1) is 12.2 Å². The standard InChI is InChI=1S/C20H17Br2FN2O2/c1-2-27-20(26)17-16(11-21)24-19(12-6-4-3-5-7-12)25-18(17)14-9-8-13(23)10-15(14)22/h3-10,18H,2,11H2,1H3,(H,24,25). The largest absolute Gasteiger partial charge is 0.463 e. The molecule has 2 aromatic carbocycles. The zero-order valence-electron chi connectivity index (χ0n) is 14.5. The van der Waals surface area contributed by atoms with Crippen molar-refractivity contribution in [1.29, 1.82) is 0 Å². The molecule has 0 radical (unpaired) electrons. The molecule has 0 aromatic heterocycles. The predicted octanol–water partition coefficient (Wildman–Crippen LogP) is 4.89. The highest BCUT2D eigenvalue weighted by molar-refractivity contribution is 9.10. The lowest BCUT2D eigenvalue weighted by Crippen LogP contribution is -2.34. The van der Waals surface area contributed by atoms with Crippen LogP contribution in [-0.2, 0) is 9.53 Å². The number of aliphatic imine (C=N–C) groups is 1. The molecule has 0 bridgehead atoms. The number of benzene rings is 2. The van der Waals surface area contributed by atoms with Crippen LogP contribution in [0.15, 0.2) is 69.3 Å². The molecular weight excluding hydrogens is 479 g/mol. The second-order valence-corrected chi connectivity index (χ2v) is 7.20. The van der Waals surface area contributed by atoms with Crippen LogP contribution in [0, 0.1) is 5.82 Å². The molecule has 1 atom stereocenters. The molecule has 4 nitrogen and oxygen atoms in total. The molecule has 7 heteroatoms. The lowest BCUT2D eigenvalue weighted by Gasteiger charge is -2.27. The number of rotatable bonds is 5. The molecule has 0 saturated heterocycles. The number of hydrogen-bond acceptors (Lipinski definition) is 4. The summed E-state index contributed by atoms with van der Waals surface area (Å²) in [6.07, 6.45) is 0. The highest BCUT2D eigenvalue weighted by atomic mass is 79.9. The summed E-state index contributed by atoms with van der Waals surface area (Å²) in [6.45, 7) is 2.01. The molecule has 1 unspecified atom stereocenters. The van der Waals surface area contributed by atoms with E-state index in [0.29, 0.717) is 32.5 Å². The maximum Gasteiger partial charge on any atom is 0.338 e. The summed E-state index contributed by atoms with van der Waals surface area (Å²) >= 11 is 6.85. The van der Waals surface area contributed by atoms with Crippen molar-refractivity contribution in [1.82, 2.24) is 5.32 Å². The number of esters is 1. The second kappa shape index (κ2) is 8.80. The van der Waals surface area contributed by atoms with E-state index < -0.39 is 12.0 Å². The third-order valence-corrected chi connectivity index (χ3v) is 5.31. The first kappa shape index (κ1) is 19.8. The number of nitrogens with one attached hydrogen (secondary N) is 1. The van der Waals surface area contributed by atoms with E-state index >= 15 is 0 Å². The maximum atomic E-state index is 13.6. The minimum absolute atomic E-state index is 0.254. The Morgan fingerprint density at radius 3 is 2.63 bits per heavy atom. The smallest absolute Gasteiger partial charge is 0.338 e. The van der Waals surface area contributed by atoms with E-state index in [0.717, 1.165) is 5.56 Å². The van der Waals surface area contributed by atoms with Crippen molar-refractivity contribution in [3.63, 3.8) is 0 Å². The number of alkyl halides is 1. The molecule has 1 aliphatic rings. The maximum absolute atomic E-state index is 13.6. The van der Waals surface area contributed by atoms with Gasteiger partial charge in [-0.15, -0.1) is 0 Å². The van der Waals surface area contributed by atoms with Gasteiger partial charge >= 0.3 is 5.97 Å². The van der Waals surface area contributed by atoms with E-state index in [9.17, 15) is 9.18 Å². The molecule has 1 N–H and O–H groups in total. The van der Waals surface area contributed by atoms with Crippen molar-refractivity contribution < 1.29 is 13.9 Å². The zero-order chi connectivity index (χ0) is 19.4. The third kappa shape index (κ3) is 4.30. The van der Waals surface area contributed by atoms with Crippen molar-refractivity contribution in [2.75, 3.05) is 11.9 Å². The fraction of sp³-hybridized carbons (Fsp3) is 0.200. The quantitative estimate of drug-likeness (QED) is 0.474. The molecule has 1 heterocycles. The van der Waals surface area contributed by atoms with Gasteiger partial charge < -0.3 is 10.1 Å². The molecule has 0 spiro atoms. The van der Waals surface area contributed by atoms with Gasteiger partial charge in [0.1, 0.15) is 17.7 Å². The van der Waals surface area contributed by atoms with Gasteiger partial charge in [0, 0.05) is 21.1 Å². The van der Waals surface area contributed by atoms with Crippen molar-refractivity contribution in [3.05, 3.63) is 81.2 Å². The lowest BCUT2D eigenvalue weighted by atomic mass is 9.95. The van der Waals surface area contributed by atoms with E-state index in [4.69, 9.17) is 9.73 Å². The van der Waals surface area contributed by atoms with Crippen LogP contribution in [0.3, 0.4) is 0 Å². The van der Waals surface area contributed by atoms with Gasteiger partial charge in [-0.05, 0) is 24.6 Å². The molecule has 2 aromatic rings. The number of ether oxygens (including phenoxy) is 1. The molecule has 27 heavy (non-hydrogen) atoms. The molecule has 140 valence electrons. The summed E-state index contributed by atoms with van der Waals surface area (Å²) in [5.74, 6) is -0.176. The van der Waals surface area contributed by atoms with Crippen LogP contribution in [-0.4, -0.2) is 23.7 Å². The van der Waals surface area contributed by atoms with Gasteiger partial charge in [-0.2, -0.15) is 0 Å². The summed E-state index contributed by atoms with van der Waals surface area (Å²) < 4.78 is 19.4. The summed E-state index contributed by atoms with van der Waals surface area (Å²) in [5.41, 5.74) is 2.65. The van der Waals surface area contributed by atoms with E-state index in [1.807, 2.05) is 30.3 Å². The molecule has 0 aliphatic carbocycles. The molecule has 0 fully saturated rings. The van der Waals surface area contributed by atoms with Crippen LogP contribution in [0.25, 0.3) is 0 Å². The minimum atomic E-state index is -0.622. The first-order valence-corrected chi connectivity index (χ1v) is 10.3. The summed E-state index contributed by atoms with van der Waals surface area (Å²) in [7, 11) is 0. The van der Waals surface area contributed by atoms with E-state index in [-0.39, 0.29) is 12.4 Å². The Morgan fingerprint density at radius 2 is 2.00 bits per heavy atom. The van der Waals surface area contributed by atoms with Crippen molar-refractivity contribution in [3.8, 4) is 0 Å². The van der Waals surface area contributed by atoms with E-state index in [1.165, 1.54) is 12.1 Å². The Labute approximate surface area is 173 Å². The molecule has 1 aliphatic heterocycles. The Morgan fingerprint density at radius 1 is 1.26 bits per heavy atom. The Kier molecular flexibility index (Phi) is 6.44. The number of allylic oxidation sites excluding steroid dienone is 1. The lowest BCUT2D eigenvalue weighted by molar-refractivity contribution is -0.138. The van der Waals surface area contributed by atoms with Crippen LogP contribution in [0.4, 0.5) is 4.39 Å². The molecule has 0 amide bonds. The average molecular weight is 496 g/mol. The number of hydrogen-bond donors (Lipinski definition) is 1. The summed E-state index contributed by atoms with van der Waals surface area (Å²) in [6, 6.07) is 13.4. The highest BCUT2D eigenvalue weighted by Gasteiger charge is 2.32. The number of carbonyl (C=O) groups is 1. The van der Waals surface area contributed by atoms with Crippen LogP contribution in [0.5, 0.6) is 0 Å².